The molecule has 0 spiro atoms. The second-order valence-corrected chi connectivity index (χ2v) is 7.81. The lowest BCUT2D eigenvalue weighted by atomic mass is 9.74. The van der Waals surface area contributed by atoms with Crippen molar-refractivity contribution in [1.82, 2.24) is 10.2 Å². The van der Waals surface area contributed by atoms with Gasteiger partial charge in [-0.2, -0.15) is 5.10 Å². The summed E-state index contributed by atoms with van der Waals surface area (Å²) in [7, 11) is 0. The number of aromatic nitrogens is 2. The fraction of sp³-hybridized carbons (Fsp3) is 0.750. The Labute approximate surface area is 127 Å². The van der Waals surface area contributed by atoms with E-state index < -0.39 is 5.54 Å². The van der Waals surface area contributed by atoms with Crippen LogP contribution in [0.15, 0.2) is 6.07 Å². The Morgan fingerprint density at radius 2 is 2.24 bits per heavy atom. The van der Waals surface area contributed by atoms with Gasteiger partial charge in [0.25, 0.3) is 0 Å². The van der Waals surface area contributed by atoms with E-state index in [4.69, 9.17) is 5.73 Å². The predicted molar refractivity (Wildman–Crippen MR) is 84.9 cm³/mol. The summed E-state index contributed by atoms with van der Waals surface area (Å²) in [6, 6.07) is 1.92. The summed E-state index contributed by atoms with van der Waals surface area (Å²) in [5.41, 5.74) is 7.09. The fourth-order valence-electron chi connectivity index (χ4n) is 3.09. The highest BCUT2D eigenvalue weighted by atomic mass is 16.2. The number of nitrogens with two attached hydrogens (primary N) is 1. The summed E-state index contributed by atoms with van der Waals surface area (Å²) in [5.74, 6) is 0.461. The Morgan fingerprint density at radius 3 is 2.86 bits per heavy atom. The molecule has 1 amide bonds. The molecule has 0 aliphatic heterocycles. The Hall–Kier alpha value is -1.36. The Balaban J connectivity index is 2.00. The molecular formula is C16H28N4O. The number of carbonyl (C=O) groups excluding carboxylic acids is 1. The van der Waals surface area contributed by atoms with Gasteiger partial charge in [0.1, 0.15) is 0 Å². The van der Waals surface area contributed by atoms with E-state index in [0.29, 0.717) is 5.82 Å². The molecule has 1 aromatic heterocycles. The third kappa shape index (κ3) is 4.30. The van der Waals surface area contributed by atoms with Crippen LogP contribution in [0.1, 0.15) is 59.1 Å². The summed E-state index contributed by atoms with van der Waals surface area (Å²) in [6.45, 7) is 8.50. The van der Waals surface area contributed by atoms with Crippen LogP contribution < -0.4 is 11.1 Å². The van der Waals surface area contributed by atoms with Crippen molar-refractivity contribution in [2.45, 2.75) is 65.3 Å². The van der Waals surface area contributed by atoms with Gasteiger partial charge in [-0.15, -0.1) is 0 Å². The Morgan fingerprint density at radius 1 is 1.52 bits per heavy atom. The summed E-state index contributed by atoms with van der Waals surface area (Å²) in [6.07, 6.45) is 4.84. The normalized spacial score (nSPS) is 26.6. The minimum Gasteiger partial charge on any atom is -0.325 e. The molecule has 1 aromatic rings. The average Bonchev–Trinajstić information content (AvgIpc) is 2.73. The van der Waals surface area contributed by atoms with Crippen LogP contribution in [0.5, 0.6) is 0 Å². The SMILES string of the molecule is CC(C)(C)Cc1cc(NC(=O)C2CCCCC2(C)N)n[nH]1. The van der Waals surface area contributed by atoms with Crippen LogP contribution in [0.3, 0.4) is 0 Å². The molecule has 1 saturated carbocycles. The van der Waals surface area contributed by atoms with Gasteiger partial charge in [-0.25, -0.2) is 0 Å². The molecule has 1 fully saturated rings. The number of hydrogen-bond donors (Lipinski definition) is 3. The molecule has 2 rings (SSSR count). The van der Waals surface area contributed by atoms with E-state index in [0.717, 1.165) is 37.8 Å². The monoisotopic (exact) mass is 292 g/mol. The van der Waals surface area contributed by atoms with Crippen molar-refractivity contribution in [1.29, 1.82) is 0 Å². The van der Waals surface area contributed by atoms with Crippen LogP contribution in [0, 0.1) is 11.3 Å². The molecule has 118 valence electrons. The zero-order chi connectivity index (χ0) is 15.7. The maximum atomic E-state index is 12.4. The highest BCUT2D eigenvalue weighted by Crippen LogP contribution is 2.32. The second kappa shape index (κ2) is 5.79. The maximum Gasteiger partial charge on any atom is 0.230 e. The summed E-state index contributed by atoms with van der Waals surface area (Å²) >= 11 is 0. The maximum absolute atomic E-state index is 12.4. The van der Waals surface area contributed by atoms with Crippen LogP contribution in [0.25, 0.3) is 0 Å². The quantitative estimate of drug-likeness (QED) is 0.801. The van der Waals surface area contributed by atoms with E-state index >= 15 is 0 Å². The first-order valence-electron chi connectivity index (χ1n) is 7.81. The lowest BCUT2D eigenvalue weighted by Gasteiger charge is -2.37. The molecule has 1 aliphatic carbocycles. The minimum atomic E-state index is -0.410. The number of carbonyl (C=O) groups is 1. The van der Waals surface area contributed by atoms with Crippen molar-refractivity contribution in [3.05, 3.63) is 11.8 Å². The van der Waals surface area contributed by atoms with E-state index in [2.05, 4.69) is 36.3 Å². The van der Waals surface area contributed by atoms with E-state index in [1.54, 1.807) is 0 Å². The van der Waals surface area contributed by atoms with Gasteiger partial charge in [-0.05, 0) is 31.6 Å². The van der Waals surface area contributed by atoms with Crippen molar-refractivity contribution < 1.29 is 4.79 Å². The average molecular weight is 292 g/mol. The van der Waals surface area contributed by atoms with Crippen LogP contribution in [-0.2, 0) is 11.2 Å². The smallest absolute Gasteiger partial charge is 0.230 e. The topological polar surface area (TPSA) is 83.8 Å². The van der Waals surface area contributed by atoms with E-state index in [1.807, 2.05) is 13.0 Å². The van der Waals surface area contributed by atoms with E-state index in [1.165, 1.54) is 0 Å². The molecule has 0 saturated heterocycles. The number of nitrogens with zero attached hydrogens (tertiary/aromatic N) is 1. The Kier molecular flexibility index (Phi) is 4.42. The number of hydrogen-bond acceptors (Lipinski definition) is 3. The van der Waals surface area contributed by atoms with Crippen LogP contribution in [-0.4, -0.2) is 21.6 Å². The minimum absolute atomic E-state index is 0.00601. The predicted octanol–water partition coefficient (Wildman–Crippen LogP) is 2.84. The summed E-state index contributed by atoms with van der Waals surface area (Å²) < 4.78 is 0. The molecule has 4 N–H and O–H groups in total. The molecule has 5 heteroatoms. The third-order valence-corrected chi connectivity index (χ3v) is 4.17. The number of rotatable bonds is 3. The molecule has 2 atom stereocenters. The van der Waals surface area contributed by atoms with Gasteiger partial charge in [0.05, 0.1) is 5.92 Å². The molecule has 2 unspecified atom stereocenters. The van der Waals surface area contributed by atoms with Crippen molar-refractivity contribution in [3.63, 3.8) is 0 Å². The fourth-order valence-corrected chi connectivity index (χ4v) is 3.09. The molecular weight excluding hydrogens is 264 g/mol. The highest BCUT2D eigenvalue weighted by molar-refractivity contribution is 5.92. The van der Waals surface area contributed by atoms with Crippen LogP contribution >= 0.6 is 0 Å². The van der Waals surface area contributed by atoms with Crippen molar-refractivity contribution >= 4 is 11.7 Å². The lowest BCUT2D eigenvalue weighted by molar-refractivity contribution is -0.122. The lowest BCUT2D eigenvalue weighted by Crippen LogP contribution is -2.51. The van der Waals surface area contributed by atoms with Gasteiger partial charge in [0.15, 0.2) is 5.82 Å². The first kappa shape index (κ1) is 16.0. The van der Waals surface area contributed by atoms with E-state index in [-0.39, 0.29) is 17.2 Å². The molecule has 0 aromatic carbocycles. The van der Waals surface area contributed by atoms with Crippen molar-refractivity contribution in [3.8, 4) is 0 Å². The number of anilines is 1. The highest BCUT2D eigenvalue weighted by Gasteiger charge is 2.37. The molecule has 0 radical (unpaired) electrons. The number of aromatic amines is 1. The first-order chi connectivity index (χ1) is 9.67. The zero-order valence-corrected chi connectivity index (χ0v) is 13.6. The molecule has 5 nitrogen and oxygen atoms in total. The second-order valence-electron chi connectivity index (χ2n) is 7.81. The van der Waals surface area contributed by atoms with Crippen molar-refractivity contribution in [2.24, 2.45) is 17.1 Å². The summed E-state index contributed by atoms with van der Waals surface area (Å²) in [5, 5.41) is 10.1. The van der Waals surface area contributed by atoms with Gasteiger partial charge in [0, 0.05) is 17.3 Å². The first-order valence-corrected chi connectivity index (χ1v) is 7.81. The number of amides is 1. The van der Waals surface area contributed by atoms with Crippen molar-refractivity contribution in [2.75, 3.05) is 5.32 Å². The van der Waals surface area contributed by atoms with E-state index in [9.17, 15) is 4.79 Å². The van der Waals surface area contributed by atoms with Gasteiger partial charge >= 0.3 is 0 Å². The van der Waals surface area contributed by atoms with Gasteiger partial charge in [-0.1, -0.05) is 33.6 Å². The number of H-pyrrole nitrogens is 1. The Bertz CT molecular complexity index is 499. The molecule has 1 aliphatic rings. The number of nitrogens with one attached hydrogen (secondary N) is 2. The molecule has 0 bridgehead atoms. The largest absolute Gasteiger partial charge is 0.325 e. The summed E-state index contributed by atoms with van der Waals surface area (Å²) in [4.78, 5) is 12.4. The molecule has 1 heterocycles. The third-order valence-electron chi connectivity index (χ3n) is 4.17. The standard InChI is InChI=1S/C16H28N4O/c1-15(2,3)10-11-9-13(20-19-11)18-14(21)12-7-5-6-8-16(12,4)17/h9,12H,5-8,10,17H2,1-4H3,(H2,18,19,20,21). The zero-order valence-electron chi connectivity index (χ0n) is 13.6. The molecule has 21 heavy (non-hydrogen) atoms. The van der Waals surface area contributed by atoms with Gasteiger partial charge < -0.3 is 11.1 Å². The van der Waals surface area contributed by atoms with Gasteiger partial charge in [-0.3, -0.25) is 9.89 Å². The van der Waals surface area contributed by atoms with Crippen LogP contribution in [0.2, 0.25) is 0 Å². The van der Waals surface area contributed by atoms with Crippen LogP contribution in [0.4, 0.5) is 5.82 Å². The van der Waals surface area contributed by atoms with Gasteiger partial charge in [0.2, 0.25) is 5.91 Å².